The number of hydrogen-bond acceptors (Lipinski definition) is 4. The van der Waals surface area contributed by atoms with Crippen molar-refractivity contribution in [1.82, 2.24) is 4.90 Å². The highest BCUT2D eigenvalue weighted by Gasteiger charge is 2.22. The smallest absolute Gasteiger partial charge is 0.261 e. The van der Waals surface area contributed by atoms with Crippen molar-refractivity contribution in [3.8, 4) is 17.6 Å². The molecule has 0 aliphatic carbocycles. The number of carbonyl (C=O) groups is 1. The standard InChI is InChI=1S/C14H18N2O3/c1-10(2)9-16(8-4-7-15)14(19)13-11(17)5-3-6-12(13)18/h3,5-6,10,17-18H,4,8-9H2,1-2H3. The molecule has 19 heavy (non-hydrogen) atoms. The molecule has 1 aromatic carbocycles. The summed E-state index contributed by atoms with van der Waals surface area (Å²) < 4.78 is 0. The second-order valence-electron chi connectivity index (χ2n) is 4.72. The summed E-state index contributed by atoms with van der Waals surface area (Å²) in [7, 11) is 0. The molecule has 0 radical (unpaired) electrons. The van der Waals surface area contributed by atoms with Crippen molar-refractivity contribution in [2.24, 2.45) is 5.92 Å². The first-order valence-electron chi connectivity index (χ1n) is 6.14. The van der Waals surface area contributed by atoms with Crippen LogP contribution in [-0.4, -0.2) is 34.1 Å². The molecule has 0 bridgehead atoms. The zero-order chi connectivity index (χ0) is 14.4. The lowest BCUT2D eigenvalue weighted by Crippen LogP contribution is -2.35. The lowest BCUT2D eigenvalue weighted by atomic mass is 10.1. The Morgan fingerprint density at radius 1 is 1.37 bits per heavy atom. The summed E-state index contributed by atoms with van der Waals surface area (Å²) in [5.41, 5.74) is -0.110. The van der Waals surface area contributed by atoms with E-state index in [4.69, 9.17) is 5.26 Å². The van der Waals surface area contributed by atoms with Gasteiger partial charge in [0, 0.05) is 13.1 Å². The Morgan fingerprint density at radius 2 is 1.95 bits per heavy atom. The van der Waals surface area contributed by atoms with E-state index < -0.39 is 5.91 Å². The van der Waals surface area contributed by atoms with Gasteiger partial charge < -0.3 is 15.1 Å². The number of phenols is 2. The van der Waals surface area contributed by atoms with Crippen molar-refractivity contribution in [1.29, 1.82) is 5.26 Å². The van der Waals surface area contributed by atoms with Crippen molar-refractivity contribution >= 4 is 5.91 Å². The lowest BCUT2D eigenvalue weighted by Gasteiger charge is -2.24. The summed E-state index contributed by atoms with van der Waals surface area (Å²) in [6, 6.07) is 6.15. The molecule has 5 heteroatoms. The second-order valence-corrected chi connectivity index (χ2v) is 4.72. The lowest BCUT2D eigenvalue weighted by molar-refractivity contribution is 0.0733. The molecule has 1 rings (SSSR count). The first-order chi connectivity index (χ1) is 8.97. The predicted molar refractivity (Wildman–Crippen MR) is 70.7 cm³/mol. The number of rotatable bonds is 5. The van der Waals surface area contributed by atoms with Gasteiger partial charge in [-0.2, -0.15) is 5.26 Å². The normalized spacial score (nSPS) is 10.2. The van der Waals surface area contributed by atoms with E-state index in [-0.39, 0.29) is 35.9 Å². The van der Waals surface area contributed by atoms with Gasteiger partial charge in [0.25, 0.3) is 5.91 Å². The van der Waals surface area contributed by atoms with Gasteiger partial charge in [0.2, 0.25) is 0 Å². The largest absolute Gasteiger partial charge is 0.507 e. The summed E-state index contributed by atoms with van der Waals surface area (Å²) in [6.45, 7) is 4.66. The molecule has 102 valence electrons. The van der Waals surface area contributed by atoms with Gasteiger partial charge in [0.15, 0.2) is 0 Å². The Bertz CT molecular complexity index is 472. The quantitative estimate of drug-likeness (QED) is 0.851. The van der Waals surface area contributed by atoms with Crippen LogP contribution in [-0.2, 0) is 0 Å². The van der Waals surface area contributed by atoms with Crippen LogP contribution in [0, 0.1) is 17.2 Å². The van der Waals surface area contributed by atoms with E-state index in [1.807, 2.05) is 19.9 Å². The zero-order valence-electron chi connectivity index (χ0n) is 11.1. The molecule has 1 amide bonds. The van der Waals surface area contributed by atoms with Crippen LogP contribution in [0.25, 0.3) is 0 Å². The van der Waals surface area contributed by atoms with E-state index in [9.17, 15) is 15.0 Å². The first-order valence-corrected chi connectivity index (χ1v) is 6.14. The van der Waals surface area contributed by atoms with Gasteiger partial charge in [-0.15, -0.1) is 0 Å². The number of aromatic hydroxyl groups is 2. The fourth-order valence-corrected chi connectivity index (χ4v) is 1.81. The summed E-state index contributed by atoms with van der Waals surface area (Å²) >= 11 is 0. The van der Waals surface area contributed by atoms with Gasteiger partial charge >= 0.3 is 0 Å². The van der Waals surface area contributed by atoms with Crippen LogP contribution >= 0.6 is 0 Å². The molecule has 0 aliphatic rings. The Balaban J connectivity index is 3.01. The van der Waals surface area contributed by atoms with Gasteiger partial charge in [-0.25, -0.2) is 0 Å². The molecule has 0 saturated carbocycles. The summed E-state index contributed by atoms with van der Waals surface area (Å²) in [4.78, 5) is 13.8. The summed E-state index contributed by atoms with van der Waals surface area (Å²) in [5.74, 6) is -0.735. The van der Waals surface area contributed by atoms with E-state index >= 15 is 0 Å². The van der Waals surface area contributed by atoms with E-state index in [2.05, 4.69) is 0 Å². The van der Waals surface area contributed by atoms with E-state index in [0.717, 1.165) is 0 Å². The highest BCUT2D eigenvalue weighted by Crippen LogP contribution is 2.27. The van der Waals surface area contributed by atoms with Crippen molar-refractivity contribution in [2.45, 2.75) is 20.3 Å². The molecular formula is C14H18N2O3. The van der Waals surface area contributed by atoms with Crippen LogP contribution in [0.3, 0.4) is 0 Å². The topological polar surface area (TPSA) is 84.6 Å². The summed E-state index contributed by atoms with van der Waals surface area (Å²) in [5, 5.41) is 28.0. The third kappa shape index (κ3) is 3.88. The maximum absolute atomic E-state index is 12.3. The minimum absolute atomic E-state index is 0.110. The molecule has 0 saturated heterocycles. The van der Waals surface area contributed by atoms with Gasteiger partial charge in [0.1, 0.15) is 17.1 Å². The van der Waals surface area contributed by atoms with E-state index in [1.165, 1.54) is 23.1 Å². The molecule has 0 aliphatic heterocycles. The number of benzene rings is 1. The Morgan fingerprint density at radius 3 is 2.42 bits per heavy atom. The third-order valence-corrected chi connectivity index (χ3v) is 2.60. The van der Waals surface area contributed by atoms with Crippen LogP contribution in [0.1, 0.15) is 30.6 Å². The number of nitrogens with zero attached hydrogens (tertiary/aromatic N) is 2. The third-order valence-electron chi connectivity index (χ3n) is 2.60. The first kappa shape index (κ1) is 14.8. The molecule has 5 nitrogen and oxygen atoms in total. The van der Waals surface area contributed by atoms with Crippen molar-refractivity contribution in [3.63, 3.8) is 0 Å². The summed E-state index contributed by atoms with van der Waals surface area (Å²) in [6.07, 6.45) is 0.215. The Hall–Kier alpha value is -2.22. The van der Waals surface area contributed by atoms with Crippen LogP contribution in [0.15, 0.2) is 18.2 Å². The molecule has 0 fully saturated rings. The number of amides is 1. The molecular weight excluding hydrogens is 244 g/mol. The highest BCUT2D eigenvalue weighted by molar-refractivity contribution is 5.99. The van der Waals surface area contributed by atoms with Crippen LogP contribution < -0.4 is 0 Å². The van der Waals surface area contributed by atoms with Gasteiger partial charge in [0.05, 0.1) is 12.5 Å². The number of carbonyl (C=O) groups excluding carboxylic acids is 1. The number of phenolic OH excluding ortho intramolecular Hbond substituents is 2. The van der Waals surface area contributed by atoms with Gasteiger partial charge in [-0.1, -0.05) is 19.9 Å². The van der Waals surface area contributed by atoms with Crippen molar-refractivity contribution in [3.05, 3.63) is 23.8 Å². The predicted octanol–water partition coefficient (Wildman–Crippen LogP) is 2.11. The van der Waals surface area contributed by atoms with Crippen LogP contribution in [0.2, 0.25) is 0 Å². The maximum Gasteiger partial charge on any atom is 0.261 e. The van der Waals surface area contributed by atoms with Crippen molar-refractivity contribution in [2.75, 3.05) is 13.1 Å². The number of hydrogen-bond donors (Lipinski definition) is 2. The minimum Gasteiger partial charge on any atom is -0.507 e. The Kier molecular flexibility index (Phi) is 5.19. The average Bonchev–Trinajstić information content (AvgIpc) is 2.33. The minimum atomic E-state index is -0.459. The SMILES string of the molecule is CC(C)CN(CCC#N)C(=O)c1c(O)cccc1O. The van der Waals surface area contributed by atoms with Gasteiger partial charge in [-0.3, -0.25) is 4.79 Å². The molecule has 0 spiro atoms. The highest BCUT2D eigenvalue weighted by atomic mass is 16.3. The van der Waals surface area contributed by atoms with Gasteiger partial charge in [-0.05, 0) is 18.1 Å². The fourth-order valence-electron chi connectivity index (χ4n) is 1.81. The molecule has 0 aromatic heterocycles. The second kappa shape index (κ2) is 6.64. The fraction of sp³-hybridized carbons (Fsp3) is 0.429. The van der Waals surface area contributed by atoms with Crippen LogP contribution in [0.4, 0.5) is 0 Å². The van der Waals surface area contributed by atoms with Crippen LogP contribution in [0.5, 0.6) is 11.5 Å². The monoisotopic (exact) mass is 262 g/mol. The van der Waals surface area contributed by atoms with E-state index in [1.54, 1.807) is 0 Å². The number of nitriles is 1. The molecule has 2 N–H and O–H groups in total. The zero-order valence-corrected chi connectivity index (χ0v) is 11.1. The maximum atomic E-state index is 12.3. The van der Waals surface area contributed by atoms with Crippen molar-refractivity contribution < 1.29 is 15.0 Å². The molecule has 0 atom stereocenters. The van der Waals surface area contributed by atoms with E-state index in [0.29, 0.717) is 6.54 Å². The molecule has 0 unspecified atom stereocenters. The average molecular weight is 262 g/mol. The molecule has 1 aromatic rings. The molecule has 0 heterocycles. The Labute approximate surface area is 112 Å².